The molecule has 2 aromatic heterocycles. The van der Waals surface area contributed by atoms with E-state index in [4.69, 9.17) is 4.52 Å². The van der Waals surface area contributed by atoms with Crippen molar-refractivity contribution in [3.63, 3.8) is 0 Å². The predicted octanol–water partition coefficient (Wildman–Crippen LogP) is 1.17. The number of H-pyrrole nitrogens is 1. The van der Waals surface area contributed by atoms with Crippen LogP contribution in [0.1, 0.15) is 25.4 Å². The van der Waals surface area contributed by atoms with Crippen LogP contribution >= 0.6 is 0 Å². The molecule has 6 nitrogen and oxygen atoms in total. The van der Waals surface area contributed by atoms with Gasteiger partial charge >= 0.3 is 0 Å². The minimum atomic E-state index is 0.325. The highest BCUT2D eigenvalue weighted by Gasteiger charge is 2.13. The van der Waals surface area contributed by atoms with Crippen LogP contribution in [0.15, 0.2) is 10.6 Å². The van der Waals surface area contributed by atoms with E-state index >= 15 is 0 Å². The SMILES string of the molecule is CCc1cc(-c2nc(CC(C)NC)no2)n[nH]1. The Morgan fingerprint density at radius 3 is 3.00 bits per heavy atom. The van der Waals surface area contributed by atoms with Crippen LogP contribution in [-0.4, -0.2) is 33.4 Å². The second-order valence-corrected chi connectivity index (χ2v) is 4.04. The van der Waals surface area contributed by atoms with Crippen LogP contribution in [0.4, 0.5) is 0 Å². The van der Waals surface area contributed by atoms with Gasteiger partial charge in [-0.1, -0.05) is 12.1 Å². The summed E-state index contributed by atoms with van der Waals surface area (Å²) in [5, 5.41) is 14.1. The Labute approximate surface area is 99.8 Å². The molecule has 17 heavy (non-hydrogen) atoms. The van der Waals surface area contributed by atoms with Crippen LogP contribution in [0.5, 0.6) is 0 Å². The highest BCUT2D eigenvalue weighted by molar-refractivity contribution is 5.46. The largest absolute Gasteiger partial charge is 0.332 e. The van der Waals surface area contributed by atoms with Gasteiger partial charge in [-0.05, 0) is 26.5 Å². The summed E-state index contributed by atoms with van der Waals surface area (Å²) in [6.45, 7) is 4.13. The molecule has 0 amide bonds. The first-order valence-electron chi connectivity index (χ1n) is 5.77. The van der Waals surface area contributed by atoms with E-state index < -0.39 is 0 Å². The van der Waals surface area contributed by atoms with Crippen LogP contribution in [0.2, 0.25) is 0 Å². The first kappa shape index (κ1) is 11.8. The highest BCUT2D eigenvalue weighted by atomic mass is 16.5. The summed E-state index contributed by atoms with van der Waals surface area (Å²) < 4.78 is 5.18. The van der Waals surface area contributed by atoms with Crippen molar-refractivity contribution in [3.05, 3.63) is 17.6 Å². The molecule has 1 atom stereocenters. The second kappa shape index (κ2) is 5.09. The molecule has 0 spiro atoms. The van der Waals surface area contributed by atoms with Crippen molar-refractivity contribution in [2.45, 2.75) is 32.7 Å². The van der Waals surface area contributed by atoms with Gasteiger partial charge < -0.3 is 9.84 Å². The van der Waals surface area contributed by atoms with Gasteiger partial charge in [0.2, 0.25) is 0 Å². The molecule has 2 heterocycles. The van der Waals surface area contributed by atoms with Crippen LogP contribution < -0.4 is 5.32 Å². The van der Waals surface area contributed by atoms with Crippen molar-refractivity contribution in [3.8, 4) is 11.6 Å². The van der Waals surface area contributed by atoms with Gasteiger partial charge in [0.25, 0.3) is 5.89 Å². The zero-order valence-corrected chi connectivity index (χ0v) is 10.3. The van der Waals surface area contributed by atoms with Gasteiger partial charge in [0, 0.05) is 18.2 Å². The molecule has 0 aliphatic heterocycles. The zero-order valence-electron chi connectivity index (χ0n) is 10.3. The number of nitrogens with one attached hydrogen (secondary N) is 2. The Balaban J connectivity index is 2.12. The number of rotatable bonds is 5. The van der Waals surface area contributed by atoms with Gasteiger partial charge in [0.1, 0.15) is 0 Å². The van der Waals surface area contributed by atoms with Crippen LogP contribution in [-0.2, 0) is 12.8 Å². The molecule has 1 unspecified atom stereocenters. The summed E-state index contributed by atoms with van der Waals surface area (Å²) in [5.74, 6) is 1.17. The number of aromatic amines is 1. The fourth-order valence-corrected chi connectivity index (χ4v) is 1.47. The molecular formula is C11H17N5O. The molecule has 0 saturated carbocycles. The number of nitrogens with zero attached hydrogens (tertiary/aromatic N) is 3. The predicted molar refractivity (Wildman–Crippen MR) is 63.5 cm³/mol. The van der Waals surface area contributed by atoms with Gasteiger partial charge in [-0.25, -0.2) is 0 Å². The third-order valence-electron chi connectivity index (χ3n) is 2.68. The van der Waals surface area contributed by atoms with Gasteiger partial charge in [0.15, 0.2) is 11.5 Å². The lowest BCUT2D eigenvalue weighted by atomic mass is 10.2. The fraction of sp³-hybridized carbons (Fsp3) is 0.545. The average Bonchev–Trinajstić information content (AvgIpc) is 2.96. The van der Waals surface area contributed by atoms with Gasteiger partial charge in [-0.15, -0.1) is 0 Å². The molecule has 6 heteroatoms. The first-order valence-corrected chi connectivity index (χ1v) is 5.77. The lowest BCUT2D eigenvalue weighted by Crippen LogP contribution is -2.24. The molecular weight excluding hydrogens is 218 g/mol. The van der Waals surface area contributed by atoms with E-state index in [9.17, 15) is 0 Å². The molecule has 0 fully saturated rings. The minimum Gasteiger partial charge on any atom is -0.332 e. The van der Waals surface area contributed by atoms with Crippen molar-refractivity contribution < 1.29 is 4.52 Å². The quantitative estimate of drug-likeness (QED) is 0.813. The highest BCUT2D eigenvalue weighted by Crippen LogP contribution is 2.15. The normalized spacial score (nSPS) is 12.9. The average molecular weight is 235 g/mol. The van der Waals surface area contributed by atoms with Crippen molar-refractivity contribution in [1.82, 2.24) is 25.7 Å². The maximum Gasteiger partial charge on any atom is 0.278 e. The number of hydrogen-bond donors (Lipinski definition) is 2. The zero-order chi connectivity index (χ0) is 12.3. The molecule has 92 valence electrons. The molecule has 2 rings (SSSR count). The van der Waals surface area contributed by atoms with E-state index in [1.165, 1.54) is 0 Å². The van der Waals surface area contributed by atoms with E-state index in [-0.39, 0.29) is 0 Å². The Bertz CT molecular complexity index is 476. The Morgan fingerprint density at radius 1 is 1.53 bits per heavy atom. The van der Waals surface area contributed by atoms with Crippen molar-refractivity contribution in [2.24, 2.45) is 0 Å². The number of likely N-dealkylation sites (N-methyl/N-ethyl adjacent to an activating group) is 1. The smallest absolute Gasteiger partial charge is 0.278 e. The topological polar surface area (TPSA) is 79.6 Å². The Kier molecular flexibility index (Phi) is 3.53. The lowest BCUT2D eigenvalue weighted by molar-refractivity contribution is 0.417. The van der Waals surface area contributed by atoms with Crippen molar-refractivity contribution in [2.75, 3.05) is 7.05 Å². The first-order chi connectivity index (χ1) is 8.22. The molecule has 0 radical (unpaired) electrons. The summed E-state index contributed by atoms with van der Waals surface area (Å²) in [5.41, 5.74) is 1.76. The summed E-state index contributed by atoms with van der Waals surface area (Å²) in [4.78, 5) is 4.32. The van der Waals surface area contributed by atoms with Gasteiger partial charge in [0.05, 0.1) is 0 Å². The van der Waals surface area contributed by atoms with Crippen LogP contribution in [0.25, 0.3) is 11.6 Å². The van der Waals surface area contributed by atoms with Crippen LogP contribution in [0, 0.1) is 0 Å². The Morgan fingerprint density at radius 2 is 2.35 bits per heavy atom. The summed E-state index contributed by atoms with van der Waals surface area (Å²) in [6.07, 6.45) is 1.65. The second-order valence-electron chi connectivity index (χ2n) is 4.04. The monoisotopic (exact) mass is 235 g/mol. The molecule has 0 aromatic carbocycles. The van der Waals surface area contributed by atoms with E-state index in [1.54, 1.807) is 0 Å². The van der Waals surface area contributed by atoms with E-state index in [0.717, 1.165) is 18.5 Å². The van der Waals surface area contributed by atoms with E-state index in [0.29, 0.717) is 23.5 Å². The summed E-state index contributed by atoms with van der Waals surface area (Å²) in [7, 11) is 1.91. The fourth-order valence-electron chi connectivity index (χ4n) is 1.47. The third-order valence-corrected chi connectivity index (χ3v) is 2.68. The van der Waals surface area contributed by atoms with Gasteiger partial charge in [-0.2, -0.15) is 10.1 Å². The number of aromatic nitrogens is 4. The Hall–Kier alpha value is -1.69. The molecule has 0 bridgehead atoms. The summed E-state index contributed by atoms with van der Waals surface area (Å²) >= 11 is 0. The van der Waals surface area contributed by atoms with Crippen LogP contribution in [0.3, 0.4) is 0 Å². The molecule has 0 aliphatic rings. The maximum atomic E-state index is 5.18. The molecule has 2 aromatic rings. The summed E-state index contributed by atoms with van der Waals surface area (Å²) in [6, 6.07) is 2.25. The molecule has 0 saturated heterocycles. The number of hydrogen-bond acceptors (Lipinski definition) is 5. The van der Waals surface area contributed by atoms with Crippen molar-refractivity contribution in [1.29, 1.82) is 0 Å². The minimum absolute atomic E-state index is 0.325. The van der Waals surface area contributed by atoms with E-state index in [1.807, 2.05) is 13.1 Å². The van der Waals surface area contributed by atoms with E-state index in [2.05, 4.69) is 39.5 Å². The van der Waals surface area contributed by atoms with Gasteiger partial charge in [-0.3, -0.25) is 5.10 Å². The standard InChI is InChI=1S/C11H17N5O/c1-4-8-6-9(15-14-8)11-13-10(16-17-11)5-7(2)12-3/h6-7,12H,4-5H2,1-3H3,(H,14,15). The maximum absolute atomic E-state index is 5.18. The van der Waals surface area contributed by atoms with Crippen molar-refractivity contribution >= 4 is 0 Å². The molecule has 2 N–H and O–H groups in total. The lowest BCUT2D eigenvalue weighted by Gasteiger charge is -2.04. The molecule has 0 aliphatic carbocycles. The number of aryl methyl sites for hydroxylation is 1. The third kappa shape index (κ3) is 2.71.